The van der Waals surface area contributed by atoms with Gasteiger partial charge in [0.15, 0.2) is 0 Å². The zero-order valence-electron chi connectivity index (χ0n) is 23.6. The number of carbonyl (C=O) groups is 3. The number of carbonyl (C=O) groups excluding carboxylic acids is 2. The van der Waals surface area contributed by atoms with Gasteiger partial charge in [-0.15, -0.1) is 0 Å². The molecule has 216 valence electrons. The summed E-state index contributed by atoms with van der Waals surface area (Å²) >= 11 is 0. The summed E-state index contributed by atoms with van der Waals surface area (Å²) in [6, 6.07) is 23.0. The van der Waals surface area contributed by atoms with Crippen molar-refractivity contribution in [2.75, 3.05) is 5.32 Å². The third kappa shape index (κ3) is 5.66. The summed E-state index contributed by atoms with van der Waals surface area (Å²) in [6.07, 6.45) is 8.45. The number of aromatic nitrogens is 2. The number of carboxylic acids is 1. The SMILES string of the molecule is O=C(O)CCc1ccc(NC(=O)C2(NC(=O)c3ccc4c(C5CCCCC5)n(-c5ccccc5)nc4c3)CCC2)cc1. The molecule has 8 nitrogen and oxygen atoms in total. The van der Waals surface area contributed by atoms with Crippen molar-refractivity contribution in [2.45, 2.75) is 75.7 Å². The summed E-state index contributed by atoms with van der Waals surface area (Å²) in [7, 11) is 0. The van der Waals surface area contributed by atoms with Crippen LogP contribution in [0, 0.1) is 0 Å². The van der Waals surface area contributed by atoms with E-state index in [1.807, 2.05) is 48.5 Å². The fraction of sp³-hybridized carbons (Fsp3) is 0.353. The highest BCUT2D eigenvalue weighted by Crippen LogP contribution is 2.38. The van der Waals surface area contributed by atoms with Crippen LogP contribution in [0.3, 0.4) is 0 Å². The number of carboxylic acid groups (broad SMARTS) is 1. The number of benzene rings is 3. The van der Waals surface area contributed by atoms with Crippen molar-refractivity contribution in [1.82, 2.24) is 15.1 Å². The van der Waals surface area contributed by atoms with Gasteiger partial charge in [0.1, 0.15) is 5.54 Å². The molecule has 0 aliphatic heterocycles. The van der Waals surface area contributed by atoms with E-state index in [2.05, 4.69) is 27.4 Å². The number of hydrogen-bond acceptors (Lipinski definition) is 4. The number of fused-ring (bicyclic) bond motifs is 1. The molecule has 3 N–H and O–H groups in total. The molecule has 0 atom stereocenters. The molecule has 0 unspecified atom stereocenters. The van der Waals surface area contributed by atoms with Gasteiger partial charge in [0.25, 0.3) is 5.91 Å². The molecular weight excluding hydrogens is 528 g/mol. The first-order valence-corrected chi connectivity index (χ1v) is 14.9. The van der Waals surface area contributed by atoms with Crippen molar-refractivity contribution >= 4 is 34.4 Å². The van der Waals surface area contributed by atoms with Crippen molar-refractivity contribution < 1.29 is 19.5 Å². The standard InChI is InChI=1S/C34H36N4O4/c39-30(40)19-14-23-12-16-26(17-13-23)35-33(42)34(20-7-21-34)36-32(41)25-15-18-28-29(22-25)37-38(27-10-5-2-6-11-27)31(28)24-8-3-1-4-9-24/h2,5-6,10-13,15-18,22,24H,1,3-4,7-9,14,19-21H2,(H,35,42)(H,36,41)(H,39,40). The summed E-state index contributed by atoms with van der Waals surface area (Å²) in [5.41, 5.74) is 4.03. The van der Waals surface area contributed by atoms with Crippen LogP contribution in [0.15, 0.2) is 72.8 Å². The predicted octanol–water partition coefficient (Wildman–Crippen LogP) is 6.38. The van der Waals surface area contributed by atoms with Crippen LogP contribution in [-0.4, -0.2) is 38.2 Å². The number of nitrogens with zero attached hydrogens (tertiary/aromatic N) is 2. The van der Waals surface area contributed by atoms with E-state index in [9.17, 15) is 14.4 Å². The van der Waals surface area contributed by atoms with Crippen molar-refractivity contribution in [3.05, 3.63) is 89.6 Å². The van der Waals surface area contributed by atoms with Crippen LogP contribution < -0.4 is 10.6 Å². The van der Waals surface area contributed by atoms with E-state index in [0.717, 1.165) is 41.4 Å². The maximum atomic E-state index is 13.5. The monoisotopic (exact) mass is 564 g/mol. The largest absolute Gasteiger partial charge is 0.481 e. The van der Waals surface area contributed by atoms with Gasteiger partial charge in [-0.05, 0) is 80.5 Å². The van der Waals surface area contributed by atoms with Gasteiger partial charge in [-0.1, -0.05) is 55.7 Å². The van der Waals surface area contributed by atoms with Gasteiger partial charge >= 0.3 is 5.97 Å². The number of nitrogens with one attached hydrogen (secondary N) is 2. The van der Waals surface area contributed by atoms with Gasteiger partial charge in [-0.3, -0.25) is 14.4 Å². The Balaban J connectivity index is 1.21. The Morgan fingerprint density at radius 1 is 0.905 bits per heavy atom. The Morgan fingerprint density at radius 3 is 2.31 bits per heavy atom. The molecule has 1 heterocycles. The lowest BCUT2D eigenvalue weighted by Crippen LogP contribution is -2.61. The van der Waals surface area contributed by atoms with Gasteiger partial charge < -0.3 is 15.7 Å². The minimum Gasteiger partial charge on any atom is -0.481 e. The molecule has 0 saturated heterocycles. The van der Waals surface area contributed by atoms with E-state index in [0.29, 0.717) is 36.4 Å². The number of rotatable bonds is 9. The third-order valence-corrected chi connectivity index (χ3v) is 8.80. The van der Waals surface area contributed by atoms with E-state index < -0.39 is 11.5 Å². The van der Waals surface area contributed by atoms with Gasteiger partial charge in [0, 0.05) is 29.0 Å². The lowest BCUT2D eigenvalue weighted by Gasteiger charge is -2.40. The van der Waals surface area contributed by atoms with Crippen LogP contribution >= 0.6 is 0 Å². The smallest absolute Gasteiger partial charge is 0.303 e. The van der Waals surface area contributed by atoms with Gasteiger partial charge in [0.05, 0.1) is 16.9 Å². The Labute approximate surface area is 245 Å². The highest BCUT2D eigenvalue weighted by molar-refractivity contribution is 6.05. The number of amides is 2. The van der Waals surface area contributed by atoms with Crippen LogP contribution in [0.25, 0.3) is 16.6 Å². The topological polar surface area (TPSA) is 113 Å². The van der Waals surface area contributed by atoms with Crippen LogP contribution in [0.4, 0.5) is 5.69 Å². The molecule has 2 aliphatic carbocycles. The second-order valence-electron chi connectivity index (χ2n) is 11.6. The Bertz CT molecular complexity index is 1600. The van der Waals surface area contributed by atoms with Gasteiger partial charge in [-0.25, -0.2) is 4.68 Å². The van der Waals surface area contributed by atoms with Crippen molar-refractivity contribution in [3.8, 4) is 5.69 Å². The average Bonchev–Trinajstić information content (AvgIpc) is 3.38. The average molecular weight is 565 g/mol. The Hall–Kier alpha value is -4.46. The second-order valence-corrected chi connectivity index (χ2v) is 11.6. The molecule has 0 spiro atoms. The van der Waals surface area contributed by atoms with Crippen LogP contribution in [-0.2, 0) is 16.0 Å². The molecule has 0 bridgehead atoms. The molecule has 42 heavy (non-hydrogen) atoms. The summed E-state index contributed by atoms with van der Waals surface area (Å²) in [5, 5.41) is 20.9. The normalized spacial score (nSPS) is 16.5. The summed E-state index contributed by atoms with van der Waals surface area (Å²) in [4.78, 5) is 37.7. The van der Waals surface area contributed by atoms with E-state index in [1.54, 1.807) is 12.1 Å². The van der Waals surface area contributed by atoms with E-state index in [4.69, 9.17) is 10.2 Å². The molecule has 6 rings (SSSR count). The van der Waals surface area contributed by atoms with Gasteiger partial charge in [0.2, 0.25) is 5.91 Å². The van der Waals surface area contributed by atoms with E-state index in [-0.39, 0.29) is 18.2 Å². The maximum absolute atomic E-state index is 13.5. The summed E-state index contributed by atoms with van der Waals surface area (Å²) in [5.74, 6) is -0.945. The second kappa shape index (κ2) is 11.8. The zero-order chi connectivity index (χ0) is 29.1. The Morgan fingerprint density at radius 2 is 1.64 bits per heavy atom. The van der Waals surface area contributed by atoms with Crippen molar-refractivity contribution in [2.24, 2.45) is 0 Å². The van der Waals surface area contributed by atoms with Crippen LogP contribution in [0.2, 0.25) is 0 Å². The highest BCUT2D eigenvalue weighted by atomic mass is 16.4. The minimum absolute atomic E-state index is 0.0566. The third-order valence-electron chi connectivity index (χ3n) is 8.80. The number of aryl methyl sites for hydroxylation is 1. The molecule has 2 aliphatic rings. The number of para-hydroxylation sites is 1. The van der Waals surface area contributed by atoms with Crippen LogP contribution in [0.1, 0.15) is 85.3 Å². The molecule has 8 heteroatoms. The fourth-order valence-electron chi connectivity index (χ4n) is 6.27. The first kappa shape index (κ1) is 27.7. The molecule has 0 radical (unpaired) electrons. The van der Waals surface area contributed by atoms with Gasteiger partial charge in [-0.2, -0.15) is 5.10 Å². The zero-order valence-corrected chi connectivity index (χ0v) is 23.6. The fourth-order valence-corrected chi connectivity index (χ4v) is 6.27. The van der Waals surface area contributed by atoms with Crippen LogP contribution in [0.5, 0.6) is 0 Å². The number of hydrogen-bond donors (Lipinski definition) is 3. The number of anilines is 1. The predicted molar refractivity (Wildman–Crippen MR) is 162 cm³/mol. The van der Waals surface area contributed by atoms with Crippen molar-refractivity contribution in [3.63, 3.8) is 0 Å². The first-order valence-electron chi connectivity index (χ1n) is 14.9. The lowest BCUT2D eigenvalue weighted by molar-refractivity contribution is -0.137. The molecular formula is C34H36N4O4. The quantitative estimate of drug-likeness (QED) is 0.218. The first-order chi connectivity index (χ1) is 20.4. The summed E-state index contributed by atoms with van der Waals surface area (Å²) < 4.78 is 2.05. The molecule has 4 aromatic rings. The number of aliphatic carboxylic acids is 1. The lowest BCUT2D eigenvalue weighted by atomic mass is 9.75. The molecule has 2 saturated carbocycles. The highest BCUT2D eigenvalue weighted by Gasteiger charge is 2.45. The van der Waals surface area contributed by atoms with E-state index in [1.165, 1.54) is 25.0 Å². The van der Waals surface area contributed by atoms with E-state index >= 15 is 0 Å². The molecule has 2 amide bonds. The summed E-state index contributed by atoms with van der Waals surface area (Å²) in [6.45, 7) is 0. The molecule has 3 aromatic carbocycles. The molecule has 2 fully saturated rings. The minimum atomic E-state index is -0.968. The van der Waals surface area contributed by atoms with Crippen molar-refractivity contribution in [1.29, 1.82) is 0 Å². The Kier molecular flexibility index (Phi) is 7.78. The maximum Gasteiger partial charge on any atom is 0.303 e. The molecule has 1 aromatic heterocycles.